The van der Waals surface area contributed by atoms with E-state index in [-0.39, 0.29) is 12.4 Å². The molecule has 0 radical (unpaired) electrons. The molecule has 116 valence electrons. The molecule has 0 saturated heterocycles. The standard InChI is InChI=1S/C14H17F3N2O2/c1-3-6-19(9-14(15,16)17)13-10(2)7-11(8-18-13)4-5-12(20)21/h4-5,7-8H,3,6,9H2,1-2H3,(H,20,21)/b5-4+. The molecule has 21 heavy (non-hydrogen) atoms. The number of hydrogen-bond donors (Lipinski definition) is 1. The predicted octanol–water partition coefficient (Wildman–Crippen LogP) is 3.27. The maximum Gasteiger partial charge on any atom is 0.405 e. The van der Waals surface area contributed by atoms with Gasteiger partial charge in [0.05, 0.1) is 0 Å². The highest BCUT2D eigenvalue weighted by molar-refractivity contribution is 5.85. The maximum absolute atomic E-state index is 12.6. The second-order valence-corrected chi connectivity index (χ2v) is 4.62. The lowest BCUT2D eigenvalue weighted by Gasteiger charge is -2.26. The van der Waals surface area contributed by atoms with Crippen molar-refractivity contribution in [2.75, 3.05) is 18.0 Å². The molecule has 1 heterocycles. The van der Waals surface area contributed by atoms with E-state index in [1.165, 1.54) is 17.2 Å². The lowest BCUT2D eigenvalue weighted by atomic mass is 10.2. The topological polar surface area (TPSA) is 53.4 Å². The van der Waals surface area contributed by atoms with Crippen LogP contribution in [0, 0.1) is 6.92 Å². The third-order valence-corrected chi connectivity index (χ3v) is 2.65. The first-order valence-corrected chi connectivity index (χ1v) is 6.42. The number of hydrogen-bond acceptors (Lipinski definition) is 3. The molecule has 0 fully saturated rings. The number of carbonyl (C=O) groups is 1. The Labute approximate surface area is 120 Å². The summed E-state index contributed by atoms with van der Waals surface area (Å²) < 4.78 is 37.8. The number of aromatic nitrogens is 1. The minimum Gasteiger partial charge on any atom is -0.478 e. The third kappa shape index (κ3) is 5.85. The number of carboxylic acids is 1. The van der Waals surface area contributed by atoms with Crippen molar-refractivity contribution in [1.29, 1.82) is 0 Å². The van der Waals surface area contributed by atoms with E-state index in [9.17, 15) is 18.0 Å². The Morgan fingerprint density at radius 1 is 1.48 bits per heavy atom. The van der Waals surface area contributed by atoms with Crippen LogP contribution in [-0.4, -0.2) is 35.3 Å². The molecule has 0 aliphatic heterocycles. The summed E-state index contributed by atoms with van der Waals surface area (Å²) in [6, 6.07) is 1.61. The molecule has 1 aromatic rings. The quantitative estimate of drug-likeness (QED) is 0.819. The summed E-state index contributed by atoms with van der Waals surface area (Å²) >= 11 is 0. The smallest absolute Gasteiger partial charge is 0.405 e. The van der Waals surface area contributed by atoms with Crippen molar-refractivity contribution >= 4 is 17.9 Å². The lowest BCUT2D eigenvalue weighted by molar-refractivity contribution is -0.131. The van der Waals surface area contributed by atoms with E-state index in [2.05, 4.69) is 4.98 Å². The zero-order valence-electron chi connectivity index (χ0n) is 11.8. The van der Waals surface area contributed by atoms with Crippen molar-refractivity contribution in [1.82, 2.24) is 4.98 Å². The van der Waals surface area contributed by atoms with Gasteiger partial charge in [0.25, 0.3) is 0 Å². The number of aryl methyl sites for hydroxylation is 1. The highest BCUT2D eigenvalue weighted by Crippen LogP contribution is 2.24. The summed E-state index contributed by atoms with van der Waals surface area (Å²) in [6.07, 6.45) is -0.0699. The second-order valence-electron chi connectivity index (χ2n) is 4.62. The highest BCUT2D eigenvalue weighted by Gasteiger charge is 2.31. The van der Waals surface area contributed by atoms with Crippen LogP contribution in [0.5, 0.6) is 0 Å². The van der Waals surface area contributed by atoms with Gasteiger partial charge in [-0.15, -0.1) is 0 Å². The molecule has 0 unspecified atom stereocenters. The number of nitrogens with zero attached hydrogens (tertiary/aromatic N) is 2. The van der Waals surface area contributed by atoms with Crippen LogP contribution in [0.2, 0.25) is 0 Å². The zero-order valence-corrected chi connectivity index (χ0v) is 11.8. The van der Waals surface area contributed by atoms with Gasteiger partial charge in [-0.1, -0.05) is 6.92 Å². The Bertz CT molecular complexity index is 527. The van der Waals surface area contributed by atoms with Gasteiger partial charge in [0, 0.05) is 18.8 Å². The number of aliphatic carboxylic acids is 1. The second kappa shape index (κ2) is 7.10. The first kappa shape index (κ1) is 17.0. The number of pyridine rings is 1. The van der Waals surface area contributed by atoms with Crippen LogP contribution < -0.4 is 4.90 Å². The normalized spacial score (nSPS) is 11.9. The molecule has 0 spiro atoms. The van der Waals surface area contributed by atoms with Gasteiger partial charge in [0.2, 0.25) is 0 Å². The third-order valence-electron chi connectivity index (χ3n) is 2.65. The average molecular weight is 302 g/mol. The minimum absolute atomic E-state index is 0.248. The van der Waals surface area contributed by atoms with Gasteiger partial charge >= 0.3 is 12.1 Å². The summed E-state index contributed by atoms with van der Waals surface area (Å²) in [7, 11) is 0. The summed E-state index contributed by atoms with van der Waals surface area (Å²) in [5, 5.41) is 8.54. The van der Waals surface area contributed by atoms with Gasteiger partial charge in [-0.25, -0.2) is 9.78 Å². The van der Waals surface area contributed by atoms with Gasteiger partial charge < -0.3 is 10.0 Å². The molecule has 1 rings (SSSR count). The van der Waals surface area contributed by atoms with Gasteiger partial charge in [0.1, 0.15) is 12.4 Å². The summed E-state index contributed by atoms with van der Waals surface area (Å²) in [5.74, 6) is -0.830. The summed E-state index contributed by atoms with van der Waals surface area (Å²) in [5.41, 5.74) is 1.10. The van der Waals surface area contributed by atoms with E-state index >= 15 is 0 Å². The van der Waals surface area contributed by atoms with Crippen molar-refractivity contribution < 1.29 is 23.1 Å². The Morgan fingerprint density at radius 3 is 2.62 bits per heavy atom. The molecule has 0 atom stereocenters. The highest BCUT2D eigenvalue weighted by atomic mass is 19.4. The molecule has 1 aromatic heterocycles. The van der Waals surface area contributed by atoms with Crippen LogP contribution in [0.3, 0.4) is 0 Å². The molecular weight excluding hydrogens is 285 g/mol. The van der Waals surface area contributed by atoms with Gasteiger partial charge in [-0.2, -0.15) is 13.2 Å². The lowest BCUT2D eigenvalue weighted by Crippen LogP contribution is -2.35. The molecule has 0 saturated carbocycles. The summed E-state index contributed by atoms with van der Waals surface area (Å²) in [4.78, 5) is 15.7. The minimum atomic E-state index is -4.30. The van der Waals surface area contributed by atoms with E-state index in [1.54, 1.807) is 19.9 Å². The van der Waals surface area contributed by atoms with Gasteiger partial charge in [-0.05, 0) is 36.6 Å². The average Bonchev–Trinajstić information content (AvgIpc) is 2.34. The SMILES string of the molecule is CCCN(CC(F)(F)F)c1ncc(/C=C/C(=O)O)cc1C. The Balaban J connectivity index is 3.02. The van der Waals surface area contributed by atoms with Crippen LogP contribution in [0.4, 0.5) is 19.0 Å². The molecule has 0 aliphatic carbocycles. The Morgan fingerprint density at radius 2 is 2.14 bits per heavy atom. The van der Waals surface area contributed by atoms with Crippen molar-refractivity contribution in [2.45, 2.75) is 26.4 Å². The number of halogens is 3. The molecule has 0 aliphatic rings. The Kier molecular flexibility index (Phi) is 5.75. The summed E-state index contributed by atoms with van der Waals surface area (Å²) in [6.45, 7) is 2.64. The molecule has 4 nitrogen and oxygen atoms in total. The molecule has 0 aromatic carbocycles. The fraction of sp³-hybridized carbons (Fsp3) is 0.429. The predicted molar refractivity (Wildman–Crippen MR) is 74.2 cm³/mol. The zero-order chi connectivity index (χ0) is 16.0. The van der Waals surface area contributed by atoms with Crippen molar-refractivity contribution in [3.05, 3.63) is 29.5 Å². The monoisotopic (exact) mass is 302 g/mol. The fourth-order valence-electron chi connectivity index (χ4n) is 1.93. The fourth-order valence-corrected chi connectivity index (χ4v) is 1.93. The number of carboxylic acid groups (broad SMARTS) is 1. The van der Waals surface area contributed by atoms with Crippen LogP contribution in [0.25, 0.3) is 6.08 Å². The van der Waals surface area contributed by atoms with Crippen LogP contribution in [0.1, 0.15) is 24.5 Å². The van der Waals surface area contributed by atoms with Crippen molar-refractivity contribution in [2.24, 2.45) is 0 Å². The van der Waals surface area contributed by atoms with Crippen LogP contribution >= 0.6 is 0 Å². The maximum atomic E-state index is 12.6. The molecule has 1 N–H and O–H groups in total. The first-order valence-electron chi connectivity index (χ1n) is 6.42. The molecule has 0 bridgehead atoms. The number of anilines is 1. The van der Waals surface area contributed by atoms with Crippen molar-refractivity contribution in [3.8, 4) is 0 Å². The molecule has 7 heteroatoms. The first-order chi connectivity index (χ1) is 9.73. The largest absolute Gasteiger partial charge is 0.478 e. The van der Waals surface area contributed by atoms with Gasteiger partial charge in [-0.3, -0.25) is 0 Å². The van der Waals surface area contributed by atoms with Crippen molar-refractivity contribution in [3.63, 3.8) is 0 Å². The van der Waals surface area contributed by atoms with E-state index in [0.717, 1.165) is 6.08 Å². The number of rotatable bonds is 6. The molecular formula is C14H17F3N2O2. The van der Waals surface area contributed by atoms with Gasteiger partial charge in [0.15, 0.2) is 0 Å². The molecule has 0 amide bonds. The van der Waals surface area contributed by atoms with E-state index in [1.807, 2.05) is 0 Å². The number of alkyl halides is 3. The van der Waals surface area contributed by atoms with Crippen LogP contribution in [0.15, 0.2) is 18.3 Å². The van der Waals surface area contributed by atoms with E-state index in [0.29, 0.717) is 17.5 Å². The Hall–Kier alpha value is -2.05. The van der Waals surface area contributed by atoms with E-state index < -0.39 is 18.7 Å². The van der Waals surface area contributed by atoms with E-state index in [4.69, 9.17) is 5.11 Å². The van der Waals surface area contributed by atoms with Crippen LogP contribution in [-0.2, 0) is 4.79 Å².